The standard InChI is InChI=1S/C28H33N3/c1-3-10-23(11-4-1)22-31-20-18-30(19-21-31)17-8-2-5-12-24-13-9-15-26-25-14-6-7-16-27(25)29-28(24)26/h1,3-4,6-7,9-11,13-16,29H,2,5,8,12,17-22H2. The molecular weight excluding hydrogens is 378 g/mol. The number of benzene rings is 3. The highest BCUT2D eigenvalue weighted by molar-refractivity contribution is 6.08. The van der Waals surface area contributed by atoms with Crippen LogP contribution in [0.5, 0.6) is 0 Å². The Balaban J connectivity index is 1.05. The van der Waals surface area contributed by atoms with Gasteiger partial charge in [-0.05, 0) is 43.0 Å². The monoisotopic (exact) mass is 411 g/mol. The second-order valence-corrected chi connectivity index (χ2v) is 8.92. The lowest BCUT2D eigenvalue weighted by Crippen LogP contribution is -2.46. The number of fused-ring (bicyclic) bond motifs is 3. The molecule has 0 atom stereocenters. The Kier molecular flexibility index (Phi) is 6.33. The van der Waals surface area contributed by atoms with Crippen LogP contribution in [0.15, 0.2) is 72.8 Å². The zero-order valence-electron chi connectivity index (χ0n) is 18.4. The lowest BCUT2D eigenvalue weighted by Gasteiger charge is -2.34. The highest BCUT2D eigenvalue weighted by Gasteiger charge is 2.16. The predicted molar refractivity (Wildman–Crippen MR) is 132 cm³/mol. The maximum atomic E-state index is 3.65. The highest BCUT2D eigenvalue weighted by Crippen LogP contribution is 2.28. The fourth-order valence-corrected chi connectivity index (χ4v) is 4.98. The quantitative estimate of drug-likeness (QED) is 0.367. The van der Waals surface area contributed by atoms with Crippen molar-refractivity contribution in [1.29, 1.82) is 0 Å². The minimum Gasteiger partial charge on any atom is -0.354 e. The Bertz CT molecular complexity index is 1110. The van der Waals surface area contributed by atoms with Gasteiger partial charge in [0.25, 0.3) is 0 Å². The number of H-pyrrole nitrogens is 1. The van der Waals surface area contributed by atoms with E-state index >= 15 is 0 Å². The summed E-state index contributed by atoms with van der Waals surface area (Å²) < 4.78 is 0. The van der Waals surface area contributed by atoms with Gasteiger partial charge in [-0.3, -0.25) is 4.90 Å². The van der Waals surface area contributed by atoms with Gasteiger partial charge in [0.15, 0.2) is 0 Å². The Morgan fingerprint density at radius 3 is 2.26 bits per heavy atom. The van der Waals surface area contributed by atoms with Crippen LogP contribution in [0.25, 0.3) is 21.8 Å². The first kappa shape index (κ1) is 20.3. The molecule has 31 heavy (non-hydrogen) atoms. The molecule has 0 bridgehead atoms. The van der Waals surface area contributed by atoms with Crippen LogP contribution in [0.3, 0.4) is 0 Å². The van der Waals surface area contributed by atoms with Gasteiger partial charge in [0, 0.05) is 54.5 Å². The van der Waals surface area contributed by atoms with E-state index in [1.807, 2.05) is 0 Å². The minimum atomic E-state index is 1.09. The van der Waals surface area contributed by atoms with E-state index < -0.39 is 0 Å². The van der Waals surface area contributed by atoms with Gasteiger partial charge < -0.3 is 9.88 Å². The third-order valence-electron chi connectivity index (χ3n) is 6.76. The Morgan fingerprint density at radius 2 is 1.39 bits per heavy atom. The number of hydrogen-bond donors (Lipinski definition) is 1. The van der Waals surface area contributed by atoms with Crippen molar-refractivity contribution in [3.8, 4) is 0 Å². The van der Waals surface area contributed by atoms with Gasteiger partial charge in [-0.25, -0.2) is 0 Å². The molecule has 0 radical (unpaired) electrons. The number of unbranched alkanes of at least 4 members (excludes halogenated alkanes) is 2. The molecule has 0 spiro atoms. The van der Waals surface area contributed by atoms with Gasteiger partial charge in [0.1, 0.15) is 0 Å². The highest BCUT2D eigenvalue weighted by atomic mass is 15.3. The fourth-order valence-electron chi connectivity index (χ4n) is 4.98. The van der Waals surface area contributed by atoms with Crippen LogP contribution in [0, 0.1) is 0 Å². The summed E-state index contributed by atoms with van der Waals surface area (Å²) in [6, 6.07) is 26.3. The van der Waals surface area contributed by atoms with Crippen LogP contribution in [0.1, 0.15) is 30.4 Å². The lowest BCUT2D eigenvalue weighted by molar-refractivity contribution is 0.125. The molecule has 3 nitrogen and oxygen atoms in total. The van der Waals surface area contributed by atoms with Crippen molar-refractivity contribution >= 4 is 21.8 Å². The number of nitrogens with zero attached hydrogens (tertiary/aromatic N) is 2. The van der Waals surface area contributed by atoms with E-state index in [0.717, 1.165) is 13.0 Å². The number of rotatable bonds is 8. The van der Waals surface area contributed by atoms with Gasteiger partial charge in [-0.1, -0.05) is 73.2 Å². The topological polar surface area (TPSA) is 22.3 Å². The SMILES string of the molecule is c1ccc(CN2CCN(CCCCCc3cccc4c3[nH]c3ccccc34)CC2)cc1. The summed E-state index contributed by atoms with van der Waals surface area (Å²) in [5.41, 5.74) is 5.47. The average Bonchev–Trinajstić information content (AvgIpc) is 3.20. The van der Waals surface area contributed by atoms with Gasteiger partial charge in [-0.2, -0.15) is 0 Å². The van der Waals surface area contributed by atoms with E-state index in [1.165, 1.54) is 84.9 Å². The van der Waals surface area contributed by atoms with E-state index in [2.05, 4.69) is 87.6 Å². The van der Waals surface area contributed by atoms with Crippen LogP contribution < -0.4 is 0 Å². The number of piperazine rings is 1. The molecule has 0 amide bonds. The van der Waals surface area contributed by atoms with Crippen LogP contribution in [0.4, 0.5) is 0 Å². The van der Waals surface area contributed by atoms with Crippen LogP contribution in [-0.4, -0.2) is 47.5 Å². The van der Waals surface area contributed by atoms with Crippen LogP contribution >= 0.6 is 0 Å². The summed E-state index contributed by atoms with van der Waals surface area (Å²) in [7, 11) is 0. The molecule has 0 saturated carbocycles. The summed E-state index contributed by atoms with van der Waals surface area (Å²) in [4.78, 5) is 8.89. The zero-order valence-corrected chi connectivity index (χ0v) is 18.4. The first-order valence-electron chi connectivity index (χ1n) is 11.8. The number of hydrogen-bond acceptors (Lipinski definition) is 2. The molecule has 3 aromatic carbocycles. The molecule has 3 heteroatoms. The third kappa shape index (κ3) is 4.84. The summed E-state index contributed by atoms with van der Waals surface area (Å²) in [6.07, 6.45) is 5.04. The smallest absolute Gasteiger partial charge is 0.0497 e. The molecule has 1 N–H and O–H groups in total. The third-order valence-corrected chi connectivity index (χ3v) is 6.76. The molecule has 1 saturated heterocycles. The van der Waals surface area contributed by atoms with Gasteiger partial charge in [0.2, 0.25) is 0 Å². The maximum absolute atomic E-state index is 3.65. The molecule has 160 valence electrons. The first-order chi connectivity index (χ1) is 15.4. The molecule has 0 unspecified atom stereocenters. The normalized spacial score (nSPS) is 15.7. The molecule has 0 aliphatic carbocycles. The molecular formula is C28H33N3. The maximum Gasteiger partial charge on any atom is 0.0497 e. The van der Waals surface area contributed by atoms with Crippen molar-refractivity contribution < 1.29 is 0 Å². The molecule has 4 aromatic rings. The van der Waals surface area contributed by atoms with Crippen molar-refractivity contribution in [2.24, 2.45) is 0 Å². The van der Waals surface area contributed by atoms with E-state index in [0.29, 0.717) is 0 Å². The van der Waals surface area contributed by atoms with Gasteiger partial charge in [-0.15, -0.1) is 0 Å². The summed E-state index contributed by atoms with van der Waals surface area (Å²) in [5, 5.41) is 2.70. The number of aryl methyl sites for hydroxylation is 1. The Morgan fingerprint density at radius 1 is 0.645 bits per heavy atom. The fraction of sp³-hybridized carbons (Fsp3) is 0.357. The second-order valence-electron chi connectivity index (χ2n) is 8.92. The first-order valence-corrected chi connectivity index (χ1v) is 11.8. The van der Waals surface area contributed by atoms with E-state index in [4.69, 9.17) is 0 Å². The van der Waals surface area contributed by atoms with Crippen molar-refractivity contribution in [3.05, 3.63) is 83.9 Å². The van der Waals surface area contributed by atoms with E-state index in [9.17, 15) is 0 Å². The van der Waals surface area contributed by atoms with Gasteiger partial charge >= 0.3 is 0 Å². The molecule has 2 heterocycles. The van der Waals surface area contributed by atoms with Crippen molar-refractivity contribution in [2.45, 2.75) is 32.2 Å². The second kappa shape index (κ2) is 9.67. The Hall–Kier alpha value is -2.62. The molecule has 1 fully saturated rings. The predicted octanol–water partition coefficient (Wildman–Crippen LogP) is 5.85. The zero-order chi connectivity index (χ0) is 20.9. The molecule has 1 aliphatic rings. The number of aromatic amines is 1. The average molecular weight is 412 g/mol. The van der Waals surface area contributed by atoms with E-state index in [1.54, 1.807) is 0 Å². The van der Waals surface area contributed by atoms with Crippen molar-refractivity contribution in [3.63, 3.8) is 0 Å². The van der Waals surface area contributed by atoms with Crippen molar-refractivity contribution in [2.75, 3.05) is 32.7 Å². The lowest BCUT2D eigenvalue weighted by atomic mass is 10.0. The molecule has 1 aliphatic heterocycles. The van der Waals surface area contributed by atoms with Crippen LogP contribution in [-0.2, 0) is 13.0 Å². The number of nitrogens with one attached hydrogen (secondary N) is 1. The largest absolute Gasteiger partial charge is 0.354 e. The summed E-state index contributed by atoms with van der Waals surface area (Å²) in [6.45, 7) is 7.14. The van der Waals surface area contributed by atoms with Crippen molar-refractivity contribution in [1.82, 2.24) is 14.8 Å². The summed E-state index contributed by atoms with van der Waals surface area (Å²) >= 11 is 0. The minimum absolute atomic E-state index is 1.09. The van der Waals surface area contributed by atoms with Gasteiger partial charge in [0.05, 0.1) is 0 Å². The number of aromatic nitrogens is 1. The number of para-hydroxylation sites is 2. The van der Waals surface area contributed by atoms with Crippen LogP contribution in [0.2, 0.25) is 0 Å². The molecule has 5 rings (SSSR count). The van der Waals surface area contributed by atoms with E-state index in [-0.39, 0.29) is 0 Å². The molecule has 1 aromatic heterocycles. The Labute approximate surface area is 185 Å². The summed E-state index contributed by atoms with van der Waals surface area (Å²) in [5.74, 6) is 0.